The third kappa shape index (κ3) is 3.69. The molecule has 1 aromatic heterocycles. The summed E-state index contributed by atoms with van der Waals surface area (Å²) in [6.07, 6.45) is 7.27. The van der Waals surface area contributed by atoms with Gasteiger partial charge in [-0.05, 0) is 57.6 Å². The lowest BCUT2D eigenvalue weighted by atomic mass is 9.93. The predicted molar refractivity (Wildman–Crippen MR) is 109 cm³/mol. The number of nitrogens with one attached hydrogen (secondary N) is 1. The van der Waals surface area contributed by atoms with E-state index in [2.05, 4.69) is 17.3 Å². The normalized spacial score (nSPS) is 20.2. The minimum absolute atomic E-state index is 0.198. The zero-order valence-corrected chi connectivity index (χ0v) is 17.4. The maximum absolute atomic E-state index is 14.5. The lowest BCUT2D eigenvalue weighted by molar-refractivity contribution is 0.0901. The molecule has 2 atom stereocenters. The highest BCUT2D eigenvalue weighted by Crippen LogP contribution is 2.54. The number of fused-ring (bicyclic) bond motifs is 5. The Hall–Kier alpha value is -2.24. The highest BCUT2D eigenvalue weighted by Gasteiger charge is 2.44. The largest absolute Gasteiger partial charge is 0.346 e. The second kappa shape index (κ2) is 7.54. The van der Waals surface area contributed by atoms with Crippen LogP contribution in [0.3, 0.4) is 0 Å². The summed E-state index contributed by atoms with van der Waals surface area (Å²) in [7, 11) is 0. The van der Waals surface area contributed by atoms with E-state index in [-0.39, 0.29) is 23.1 Å². The first-order chi connectivity index (χ1) is 13.8. The number of hydrogen-bond acceptors (Lipinski definition) is 2. The Morgan fingerprint density at radius 1 is 1.24 bits per heavy atom. The molecule has 1 fully saturated rings. The molecule has 2 aliphatic rings. The van der Waals surface area contributed by atoms with Crippen LogP contribution < -0.4 is 5.32 Å². The molecule has 1 saturated carbocycles. The number of nitrogens with zero attached hydrogens (tertiary/aromatic N) is 2. The summed E-state index contributed by atoms with van der Waals surface area (Å²) in [5, 5.41) is 7.70. The van der Waals surface area contributed by atoms with Crippen LogP contribution >= 0.6 is 0 Å². The molecular weight excluding hydrogens is 372 g/mol. The maximum atomic E-state index is 14.5. The van der Waals surface area contributed by atoms with Gasteiger partial charge in [0.15, 0.2) is 11.5 Å². The van der Waals surface area contributed by atoms with E-state index in [1.54, 1.807) is 4.68 Å². The highest BCUT2D eigenvalue weighted by atomic mass is 19.1. The molecule has 6 heteroatoms. The smallest absolute Gasteiger partial charge is 0.272 e. The molecule has 1 heterocycles. The topological polar surface area (TPSA) is 46.9 Å². The molecule has 1 aromatic carbocycles. The van der Waals surface area contributed by atoms with Crippen molar-refractivity contribution in [3.05, 3.63) is 46.8 Å². The van der Waals surface area contributed by atoms with Crippen molar-refractivity contribution >= 4 is 5.91 Å². The fourth-order valence-corrected chi connectivity index (χ4v) is 4.98. The fraction of sp³-hybridized carbons (Fsp3) is 0.565. The summed E-state index contributed by atoms with van der Waals surface area (Å²) in [6.45, 7) is 6.22. The van der Waals surface area contributed by atoms with Crippen molar-refractivity contribution in [2.24, 2.45) is 0 Å². The highest BCUT2D eigenvalue weighted by molar-refractivity contribution is 5.95. The molecule has 156 valence electrons. The third-order valence-corrected chi connectivity index (χ3v) is 6.40. The molecule has 4 nitrogen and oxygen atoms in total. The summed E-state index contributed by atoms with van der Waals surface area (Å²) < 4.78 is 29.4. The van der Waals surface area contributed by atoms with E-state index in [4.69, 9.17) is 0 Å². The number of halogens is 2. The van der Waals surface area contributed by atoms with Gasteiger partial charge >= 0.3 is 0 Å². The molecule has 0 saturated heterocycles. The van der Waals surface area contributed by atoms with Crippen LogP contribution in [0.2, 0.25) is 0 Å². The average Bonchev–Trinajstić information content (AvgIpc) is 3.34. The lowest BCUT2D eigenvalue weighted by Crippen LogP contribution is -2.43. The molecule has 0 radical (unpaired) electrons. The van der Waals surface area contributed by atoms with Crippen LogP contribution in [-0.2, 0) is 0 Å². The molecule has 0 aliphatic heterocycles. The zero-order valence-electron chi connectivity index (χ0n) is 17.4. The predicted octanol–water partition coefficient (Wildman–Crippen LogP) is 5.60. The van der Waals surface area contributed by atoms with Gasteiger partial charge < -0.3 is 5.32 Å². The SMILES string of the molecule is CCCCCC(C)(C)NC(=O)c1nn(-c2ccc(F)cc2F)c2c1C1CCC2C1. The van der Waals surface area contributed by atoms with E-state index < -0.39 is 11.6 Å². The van der Waals surface area contributed by atoms with Crippen LogP contribution in [0.25, 0.3) is 5.69 Å². The Labute approximate surface area is 170 Å². The minimum atomic E-state index is -0.662. The maximum Gasteiger partial charge on any atom is 0.272 e. The van der Waals surface area contributed by atoms with Crippen LogP contribution in [-0.4, -0.2) is 21.2 Å². The van der Waals surface area contributed by atoms with Gasteiger partial charge in [-0.3, -0.25) is 4.79 Å². The molecule has 2 unspecified atom stereocenters. The first-order valence-corrected chi connectivity index (χ1v) is 10.7. The first kappa shape index (κ1) is 20.0. The molecule has 2 bridgehead atoms. The van der Waals surface area contributed by atoms with E-state index in [1.807, 2.05) is 13.8 Å². The number of benzene rings is 1. The Bertz CT molecular complexity index is 934. The van der Waals surface area contributed by atoms with Crippen molar-refractivity contribution in [1.82, 2.24) is 15.1 Å². The van der Waals surface area contributed by atoms with Crippen molar-refractivity contribution in [2.45, 2.75) is 83.1 Å². The second-order valence-corrected chi connectivity index (χ2v) is 9.16. The Kier molecular flexibility index (Phi) is 5.21. The quantitative estimate of drug-likeness (QED) is 0.614. The molecule has 4 rings (SSSR count). The number of carbonyl (C=O) groups excluding carboxylic acids is 1. The molecule has 1 amide bonds. The standard InChI is InChI=1S/C23H29F2N3O/c1-4-5-6-11-23(2,3)26-22(29)20-19-14-7-8-15(12-14)21(19)28(27-20)18-10-9-16(24)13-17(18)25/h9-10,13-15H,4-8,11-12H2,1-3H3,(H,26,29). The summed E-state index contributed by atoms with van der Waals surface area (Å²) >= 11 is 0. The van der Waals surface area contributed by atoms with Gasteiger partial charge in [0.2, 0.25) is 0 Å². The Morgan fingerprint density at radius 2 is 2.00 bits per heavy atom. The van der Waals surface area contributed by atoms with Crippen LogP contribution in [0.15, 0.2) is 18.2 Å². The van der Waals surface area contributed by atoms with Gasteiger partial charge in [0.25, 0.3) is 5.91 Å². The van der Waals surface area contributed by atoms with Gasteiger partial charge in [-0.2, -0.15) is 5.10 Å². The molecular formula is C23H29F2N3O. The Morgan fingerprint density at radius 3 is 2.72 bits per heavy atom. The van der Waals surface area contributed by atoms with Crippen molar-refractivity contribution in [2.75, 3.05) is 0 Å². The van der Waals surface area contributed by atoms with Crippen LogP contribution in [0.4, 0.5) is 8.78 Å². The van der Waals surface area contributed by atoms with Gasteiger partial charge in [-0.25, -0.2) is 13.5 Å². The van der Waals surface area contributed by atoms with Crippen LogP contribution in [0.1, 0.15) is 99.3 Å². The van der Waals surface area contributed by atoms with Crippen LogP contribution in [0, 0.1) is 11.6 Å². The van der Waals surface area contributed by atoms with Gasteiger partial charge in [0.05, 0.1) is 5.69 Å². The van der Waals surface area contributed by atoms with E-state index in [9.17, 15) is 13.6 Å². The second-order valence-electron chi connectivity index (χ2n) is 9.16. The molecule has 1 N–H and O–H groups in total. The number of amides is 1. The molecule has 0 spiro atoms. The van der Waals surface area contributed by atoms with Crippen molar-refractivity contribution in [1.29, 1.82) is 0 Å². The number of aromatic nitrogens is 2. The molecule has 2 aliphatic carbocycles. The number of unbranched alkanes of at least 4 members (excludes halogenated alkanes) is 2. The van der Waals surface area contributed by atoms with E-state index >= 15 is 0 Å². The fourth-order valence-electron chi connectivity index (χ4n) is 4.98. The van der Waals surface area contributed by atoms with Crippen molar-refractivity contribution in [3.63, 3.8) is 0 Å². The summed E-state index contributed by atoms with van der Waals surface area (Å²) in [4.78, 5) is 13.2. The lowest BCUT2D eigenvalue weighted by Gasteiger charge is -2.26. The monoisotopic (exact) mass is 401 g/mol. The van der Waals surface area contributed by atoms with Crippen molar-refractivity contribution < 1.29 is 13.6 Å². The van der Waals surface area contributed by atoms with Gasteiger partial charge in [-0.15, -0.1) is 0 Å². The zero-order chi connectivity index (χ0) is 20.8. The molecule has 29 heavy (non-hydrogen) atoms. The van der Waals surface area contributed by atoms with E-state index in [0.29, 0.717) is 11.6 Å². The Balaban J connectivity index is 1.68. The average molecular weight is 402 g/mol. The summed E-state index contributed by atoms with van der Waals surface area (Å²) in [6, 6.07) is 3.50. The van der Waals surface area contributed by atoms with E-state index in [0.717, 1.165) is 62.3 Å². The van der Waals surface area contributed by atoms with Gasteiger partial charge in [-0.1, -0.05) is 26.2 Å². The summed E-state index contributed by atoms with van der Waals surface area (Å²) in [5.41, 5.74) is 2.17. The van der Waals surface area contributed by atoms with Gasteiger partial charge in [0, 0.05) is 23.1 Å². The van der Waals surface area contributed by atoms with E-state index in [1.165, 1.54) is 12.1 Å². The van der Waals surface area contributed by atoms with Crippen molar-refractivity contribution in [3.8, 4) is 5.69 Å². The van der Waals surface area contributed by atoms with Gasteiger partial charge in [0.1, 0.15) is 11.5 Å². The summed E-state index contributed by atoms with van der Waals surface area (Å²) in [5.74, 6) is -0.896. The minimum Gasteiger partial charge on any atom is -0.346 e. The first-order valence-electron chi connectivity index (χ1n) is 10.7. The van der Waals surface area contributed by atoms with Crippen LogP contribution in [0.5, 0.6) is 0 Å². The number of hydrogen-bond donors (Lipinski definition) is 1. The molecule has 2 aromatic rings. The number of rotatable bonds is 7. The number of carbonyl (C=O) groups is 1. The third-order valence-electron chi connectivity index (χ3n) is 6.40.